The van der Waals surface area contributed by atoms with Gasteiger partial charge in [0.05, 0.1) is 6.04 Å². The Morgan fingerprint density at radius 2 is 1.45 bits per heavy atom. The van der Waals surface area contributed by atoms with Crippen molar-refractivity contribution >= 4 is 23.6 Å². The molecule has 4 unspecified atom stereocenters. The SMILES string of the molecule is CNC(=O)C1CC(c2ccccc2)CN1C(=O)[C@@H]1C[C@H](c2ccccc2)CN1C(=O)C(Cc1cccnc1)NC(=O)C(C)N. The van der Waals surface area contributed by atoms with E-state index in [1.165, 1.54) is 0 Å². The first-order valence-electron chi connectivity index (χ1n) is 15.1. The maximum absolute atomic E-state index is 14.5. The fourth-order valence-corrected chi connectivity index (χ4v) is 6.39. The first kappa shape index (κ1) is 30.9. The van der Waals surface area contributed by atoms with Crippen LogP contribution < -0.4 is 16.4 Å². The summed E-state index contributed by atoms with van der Waals surface area (Å²) in [5, 5.41) is 5.54. The monoisotopic (exact) mass is 596 g/mol. The van der Waals surface area contributed by atoms with Crippen molar-refractivity contribution in [1.29, 1.82) is 0 Å². The molecule has 10 heteroatoms. The van der Waals surface area contributed by atoms with E-state index in [1.807, 2.05) is 66.7 Å². The van der Waals surface area contributed by atoms with Crippen molar-refractivity contribution in [2.75, 3.05) is 20.1 Å². The standard InChI is InChI=1S/C34H40N6O4/c1-22(35)31(41)38-28(16-23-10-9-15-37-19-23)33(43)40-21-27(25-13-7-4-8-14-25)18-30(40)34(44)39-20-26(17-29(39)32(42)36-2)24-11-5-3-6-12-24/h3-15,19,22,26-30H,16-18,20-21,35H2,1-2H3,(H,36,42)(H,38,41)/t22?,26?,27-,28?,29?,30-/m0/s1. The smallest absolute Gasteiger partial charge is 0.246 e. The maximum atomic E-state index is 14.5. The minimum Gasteiger partial charge on any atom is -0.357 e. The van der Waals surface area contributed by atoms with Crippen LogP contribution in [-0.2, 0) is 25.6 Å². The molecule has 6 atom stereocenters. The number of likely N-dealkylation sites (tertiary alicyclic amines) is 2. The summed E-state index contributed by atoms with van der Waals surface area (Å²) in [4.78, 5) is 62.1. The summed E-state index contributed by atoms with van der Waals surface area (Å²) in [6, 6.07) is 20.1. The molecule has 0 aliphatic carbocycles. The first-order valence-corrected chi connectivity index (χ1v) is 15.1. The lowest BCUT2D eigenvalue weighted by molar-refractivity contribution is -0.147. The number of carbonyl (C=O) groups is 4. The number of amides is 4. The Bertz CT molecular complexity index is 1450. The number of benzene rings is 2. The van der Waals surface area contributed by atoms with E-state index in [-0.39, 0.29) is 36.0 Å². The molecule has 4 N–H and O–H groups in total. The molecule has 0 saturated carbocycles. The van der Waals surface area contributed by atoms with Crippen LogP contribution in [-0.4, -0.2) is 82.7 Å². The van der Waals surface area contributed by atoms with E-state index in [2.05, 4.69) is 15.6 Å². The van der Waals surface area contributed by atoms with Crippen molar-refractivity contribution in [3.05, 3.63) is 102 Å². The molecule has 3 heterocycles. The molecule has 0 bridgehead atoms. The van der Waals surface area contributed by atoms with Gasteiger partial charge < -0.3 is 26.2 Å². The molecule has 3 aromatic rings. The number of hydrogen-bond acceptors (Lipinski definition) is 6. The number of hydrogen-bond donors (Lipinski definition) is 3. The van der Waals surface area contributed by atoms with Gasteiger partial charge in [-0.05, 0) is 42.5 Å². The Kier molecular flexibility index (Phi) is 9.69. The quantitative estimate of drug-likeness (QED) is 0.346. The lowest BCUT2D eigenvalue weighted by atomic mass is 9.96. The van der Waals surface area contributed by atoms with Gasteiger partial charge in [-0.15, -0.1) is 0 Å². The Morgan fingerprint density at radius 3 is 2.00 bits per heavy atom. The highest BCUT2D eigenvalue weighted by molar-refractivity contribution is 5.96. The molecule has 4 amide bonds. The molecule has 5 rings (SSSR count). The normalized spacial score (nSPS) is 22.7. The van der Waals surface area contributed by atoms with Crippen molar-refractivity contribution in [3.8, 4) is 0 Å². The first-order chi connectivity index (χ1) is 21.3. The number of pyridine rings is 1. The van der Waals surface area contributed by atoms with E-state index in [4.69, 9.17) is 5.73 Å². The fourth-order valence-electron chi connectivity index (χ4n) is 6.39. The predicted octanol–water partition coefficient (Wildman–Crippen LogP) is 1.97. The van der Waals surface area contributed by atoms with Crippen LogP contribution in [0.1, 0.15) is 48.3 Å². The summed E-state index contributed by atoms with van der Waals surface area (Å²) in [5.74, 6) is -1.42. The topological polar surface area (TPSA) is 138 Å². The zero-order valence-electron chi connectivity index (χ0n) is 25.1. The Morgan fingerprint density at radius 1 is 0.864 bits per heavy atom. The summed E-state index contributed by atoms with van der Waals surface area (Å²) in [6.45, 7) is 2.23. The van der Waals surface area contributed by atoms with Gasteiger partial charge in [-0.25, -0.2) is 0 Å². The third-order valence-corrected chi connectivity index (χ3v) is 8.74. The summed E-state index contributed by atoms with van der Waals surface area (Å²) in [7, 11) is 1.57. The highest BCUT2D eigenvalue weighted by Crippen LogP contribution is 2.37. The molecule has 2 aromatic carbocycles. The van der Waals surface area contributed by atoms with Crippen molar-refractivity contribution in [2.24, 2.45) is 5.73 Å². The van der Waals surface area contributed by atoms with Crippen LogP contribution in [0.15, 0.2) is 85.2 Å². The van der Waals surface area contributed by atoms with E-state index >= 15 is 0 Å². The molecule has 0 spiro atoms. The molecular weight excluding hydrogens is 556 g/mol. The van der Waals surface area contributed by atoms with Gasteiger partial charge in [-0.1, -0.05) is 66.7 Å². The Labute approximate surface area is 258 Å². The second-order valence-electron chi connectivity index (χ2n) is 11.7. The van der Waals surface area contributed by atoms with Crippen molar-refractivity contribution < 1.29 is 19.2 Å². The molecule has 1 aromatic heterocycles. The molecular formula is C34H40N6O4. The number of nitrogens with zero attached hydrogens (tertiary/aromatic N) is 3. The minimum absolute atomic E-state index is 0.0124. The van der Waals surface area contributed by atoms with Crippen molar-refractivity contribution in [1.82, 2.24) is 25.4 Å². The van der Waals surface area contributed by atoms with E-state index in [0.29, 0.717) is 25.9 Å². The number of rotatable bonds is 9. The molecule has 44 heavy (non-hydrogen) atoms. The van der Waals surface area contributed by atoms with E-state index in [9.17, 15) is 19.2 Å². The lowest BCUT2D eigenvalue weighted by Crippen LogP contribution is -2.57. The maximum Gasteiger partial charge on any atom is 0.246 e. The third-order valence-electron chi connectivity index (χ3n) is 8.74. The fraction of sp³-hybridized carbons (Fsp3) is 0.382. The van der Waals surface area contributed by atoms with Gasteiger partial charge in [-0.2, -0.15) is 0 Å². The summed E-state index contributed by atoms with van der Waals surface area (Å²) in [5.41, 5.74) is 8.71. The molecule has 2 aliphatic heterocycles. The van der Waals surface area contributed by atoms with Gasteiger partial charge in [0.15, 0.2) is 0 Å². The second-order valence-corrected chi connectivity index (χ2v) is 11.7. The van der Waals surface area contributed by atoms with Crippen LogP contribution in [0, 0.1) is 0 Å². The number of likely N-dealkylation sites (N-methyl/N-ethyl adjacent to an activating group) is 1. The highest BCUT2D eigenvalue weighted by atomic mass is 16.2. The molecule has 10 nitrogen and oxygen atoms in total. The van der Waals surface area contributed by atoms with Gasteiger partial charge in [0.1, 0.15) is 18.1 Å². The Hall–Kier alpha value is -4.57. The van der Waals surface area contributed by atoms with Crippen molar-refractivity contribution in [3.63, 3.8) is 0 Å². The van der Waals surface area contributed by atoms with E-state index < -0.39 is 30.1 Å². The van der Waals surface area contributed by atoms with Crippen LogP contribution in [0.5, 0.6) is 0 Å². The van der Waals surface area contributed by atoms with Gasteiger partial charge >= 0.3 is 0 Å². The molecule has 0 radical (unpaired) electrons. The van der Waals surface area contributed by atoms with Gasteiger partial charge in [-0.3, -0.25) is 24.2 Å². The average Bonchev–Trinajstić information content (AvgIpc) is 3.71. The summed E-state index contributed by atoms with van der Waals surface area (Å²) >= 11 is 0. The zero-order chi connectivity index (χ0) is 31.2. The number of aromatic nitrogens is 1. The van der Waals surface area contributed by atoms with Gasteiger partial charge in [0.2, 0.25) is 23.6 Å². The molecule has 2 fully saturated rings. The summed E-state index contributed by atoms with van der Waals surface area (Å²) < 4.78 is 0. The van der Waals surface area contributed by atoms with Crippen LogP contribution in [0.25, 0.3) is 0 Å². The van der Waals surface area contributed by atoms with Crippen LogP contribution in [0.4, 0.5) is 0 Å². The predicted molar refractivity (Wildman–Crippen MR) is 166 cm³/mol. The van der Waals surface area contributed by atoms with Crippen LogP contribution in [0.2, 0.25) is 0 Å². The highest BCUT2D eigenvalue weighted by Gasteiger charge is 2.48. The van der Waals surface area contributed by atoms with E-state index in [1.54, 1.807) is 42.2 Å². The zero-order valence-corrected chi connectivity index (χ0v) is 25.1. The van der Waals surface area contributed by atoms with Gasteiger partial charge in [0.25, 0.3) is 0 Å². The average molecular weight is 597 g/mol. The van der Waals surface area contributed by atoms with Crippen LogP contribution in [0.3, 0.4) is 0 Å². The summed E-state index contributed by atoms with van der Waals surface area (Å²) in [6.07, 6.45) is 4.38. The van der Waals surface area contributed by atoms with Gasteiger partial charge in [0, 0.05) is 50.8 Å². The minimum atomic E-state index is -0.951. The molecule has 2 aliphatic rings. The number of carbonyl (C=O) groups excluding carboxylic acids is 4. The molecule has 2 saturated heterocycles. The number of nitrogens with two attached hydrogens (primary N) is 1. The van der Waals surface area contributed by atoms with Crippen molar-refractivity contribution in [2.45, 2.75) is 62.2 Å². The largest absolute Gasteiger partial charge is 0.357 e. The third kappa shape index (κ3) is 6.81. The Balaban J connectivity index is 1.47. The van der Waals surface area contributed by atoms with Crippen LogP contribution >= 0.6 is 0 Å². The molecule has 230 valence electrons. The lowest BCUT2D eigenvalue weighted by Gasteiger charge is -2.33. The van der Waals surface area contributed by atoms with E-state index in [0.717, 1.165) is 16.7 Å². The number of nitrogens with one attached hydrogen (secondary N) is 2. The second kappa shape index (κ2) is 13.8.